The summed E-state index contributed by atoms with van der Waals surface area (Å²) in [6.45, 7) is 1.90. The third-order valence-electron chi connectivity index (χ3n) is 3.94. The number of amides is 1. The van der Waals surface area contributed by atoms with Crippen LogP contribution in [0.4, 0.5) is 11.4 Å². The van der Waals surface area contributed by atoms with E-state index in [0.717, 1.165) is 5.56 Å². The largest absolute Gasteiger partial charge is 0.288 e. The predicted molar refractivity (Wildman–Crippen MR) is 105 cm³/mol. The SMILES string of the molecule is Cc1cccc(C(=O)c2sccc2N(C=O)c2ccc(S(N)(=O)=O)cc2)c1. The summed E-state index contributed by atoms with van der Waals surface area (Å²) in [6, 6.07) is 14.5. The lowest BCUT2D eigenvalue weighted by atomic mass is 10.1. The maximum atomic E-state index is 12.9. The number of hydrogen-bond acceptors (Lipinski definition) is 5. The van der Waals surface area contributed by atoms with Crippen LogP contribution in [0.2, 0.25) is 0 Å². The van der Waals surface area contributed by atoms with E-state index in [1.165, 1.54) is 40.5 Å². The van der Waals surface area contributed by atoms with Gasteiger partial charge in [-0.25, -0.2) is 13.6 Å². The third-order valence-corrected chi connectivity index (χ3v) is 5.77. The van der Waals surface area contributed by atoms with E-state index in [1.807, 2.05) is 13.0 Å². The van der Waals surface area contributed by atoms with Gasteiger partial charge in [0, 0.05) is 11.3 Å². The highest BCUT2D eigenvalue weighted by Crippen LogP contribution is 2.33. The molecule has 3 rings (SSSR count). The zero-order valence-electron chi connectivity index (χ0n) is 14.3. The highest BCUT2D eigenvalue weighted by Gasteiger charge is 2.21. The normalized spacial score (nSPS) is 11.2. The molecular weight excluding hydrogens is 384 g/mol. The summed E-state index contributed by atoms with van der Waals surface area (Å²) in [4.78, 5) is 26.3. The van der Waals surface area contributed by atoms with Crippen molar-refractivity contribution in [3.8, 4) is 0 Å². The van der Waals surface area contributed by atoms with E-state index in [9.17, 15) is 18.0 Å². The molecule has 0 bridgehead atoms. The molecule has 0 fully saturated rings. The first-order chi connectivity index (χ1) is 12.8. The molecule has 0 spiro atoms. The lowest BCUT2D eigenvalue weighted by molar-refractivity contribution is -0.106. The number of nitrogens with two attached hydrogens (primary N) is 1. The van der Waals surface area contributed by atoms with E-state index in [4.69, 9.17) is 5.14 Å². The smallest absolute Gasteiger partial charge is 0.238 e. The summed E-state index contributed by atoms with van der Waals surface area (Å²) in [5.41, 5.74) is 2.36. The number of thiophene rings is 1. The maximum Gasteiger partial charge on any atom is 0.238 e. The molecule has 8 heteroatoms. The number of ketones is 1. The Labute approximate surface area is 160 Å². The van der Waals surface area contributed by atoms with E-state index >= 15 is 0 Å². The Morgan fingerprint density at radius 2 is 1.81 bits per heavy atom. The number of benzene rings is 2. The number of hydrogen-bond donors (Lipinski definition) is 1. The van der Waals surface area contributed by atoms with Gasteiger partial charge in [-0.2, -0.15) is 0 Å². The van der Waals surface area contributed by atoms with Gasteiger partial charge in [0.15, 0.2) is 0 Å². The van der Waals surface area contributed by atoms with Crippen molar-refractivity contribution in [2.75, 3.05) is 4.90 Å². The Kier molecular flexibility index (Phi) is 5.22. The first kappa shape index (κ1) is 19.0. The lowest BCUT2D eigenvalue weighted by Crippen LogP contribution is -2.17. The molecule has 1 amide bonds. The third kappa shape index (κ3) is 3.97. The fraction of sp³-hybridized carbons (Fsp3) is 0.0526. The topological polar surface area (TPSA) is 97.5 Å². The maximum absolute atomic E-state index is 12.9. The van der Waals surface area contributed by atoms with Crippen LogP contribution in [0, 0.1) is 6.92 Å². The van der Waals surface area contributed by atoms with Gasteiger partial charge in [-0.1, -0.05) is 23.8 Å². The molecule has 138 valence electrons. The summed E-state index contributed by atoms with van der Waals surface area (Å²) in [5.74, 6) is -0.184. The Bertz CT molecular complexity index is 1100. The molecule has 1 aromatic heterocycles. The van der Waals surface area contributed by atoms with Crippen LogP contribution in [0.15, 0.2) is 64.9 Å². The van der Waals surface area contributed by atoms with Gasteiger partial charge in [0.1, 0.15) is 0 Å². The van der Waals surface area contributed by atoms with E-state index in [-0.39, 0.29) is 10.7 Å². The number of anilines is 2. The molecule has 2 N–H and O–H groups in total. The van der Waals surface area contributed by atoms with Crippen LogP contribution in [0.1, 0.15) is 20.8 Å². The number of rotatable bonds is 6. The predicted octanol–water partition coefficient (Wildman–Crippen LogP) is 3.23. The van der Waals surface area contributed by atoms with Crippen molar-refractivity contribution in [2.24, 2.45) is 5.14 Å². The molecule has 6 nitrogen and oxygen atoms in total. The molecule has 0 aliphatic rings. The quantitative estimate of drug-likeness (QED) is 0.507. The second kappa shape index (κ2) is 7.43. The van der Waals surface area contributed by atoms with Gasteiger partial charge in [-0.3, -0.25) is 14.5 Å². The fourth-order valence-electron chi connectivity index (χ4n) is 2.63. The Morgan fingerprint density at radius 1 is 1.11 bits per heavy atom. The molecule has 0 aliphatic carbocycles. The van der Waals surface area contributed by atoms with Gasteiger partial charge in [0.2, 0.25) is 22.2 Å². The molecule has 2 aromatic carbocycles. The lowest BCUT2D eigenvalue weighted by Gasteiger charge is -2.18. The zero-order chi connectivity index (χ0) is 19.6. The molecule has 27 heavy (non-hydrogen) atoms. The van der Waals surface area contributed by atoms with Crippen molar-refractivity contribution in [3.05, 3.63) is 76.0 Å². The molecule has 0 radical (unpaired) electrons. The Balaban J connectivity index is 2.00. The van der Waals surface area contributed by atoms with Gasteiger partial charge >= 0.3 is 0 Å². The zero-order valence-corrected chi connectivity index (χ0v) is 16.0. The average Bonchev–Trinajstić information content (AvgIpc) is 3.11. The van der Waals surface area contributed by atoms with Gasteiger partial charge in [-0.05, 0) is 48.7 Å². The summed E-state index contributed by atoms with van der Waals surface area (Å²) < 4.78 is 22.8. The van der Waals surface area contributed by atoms with Crippen LogP contribution in [0.25, 0.3) is 0 Å². The monoisotopic (exact) mass is 400 g/mol. The second-order valence-electron chi connectivity index (χ2n) is 5.85. The van der Waals surface area contributed by atoms with Gasteiger partial charge < -0.3 is 0 Å². The molecule has 3 aromatic rings. The second-order valence-corrected chi connectivity index (χ2v) is 8.33. The van der Waals surface area contributed by atoms with Crippen LogP contribution in [0.5, 0.6) is 0 Å². The summed E-state index contributed by atoms with van der Waals surface area (Å²) in [7, 11) is -3.83. The number of carbonyl (C=O) groups is 2. The highest BCUT2D eigenvalue weighted by atomic mass is 32.2. The van der Waals surface area contributed by atoms with Crippen molar-refractivity contribution >= 4 is 44.9 Å². The first-order valence-corrected chi connectivity index (χ1v) is 10.3. The van der Waals surface area contributed by atoms with Gasteiger partial charge in [0.05, 0.1) is 15.5 Å². The van der Waals surface area contributed by atoms with Crippen molar-refractivity contribution in [3.63, 3.8) is 0 Å². The van der Waals surface area contributed by atoms with E-state index < -0.39 is 10.0 Å². The van der Waals surface area contributed by atoms with Crippen molar-refractivity contribution in [2.45, 2.75) is 11.8 Å². The molecule has 0 aliphatic heterocycles. The Hall–Kier alpha value is -2.81. The summed E-state index contributed by atoms with van der Waals surface area (Å²) in [6.07, 6.45) is 0.584. The van der Waals surface area contributed by atoms with Crippen LogP contribution in [0.3, 0.4) is 0 Å². The minimum atomic E-state index is -3.83. The molecule has 1 heterocycles. The molecule has 0 saturated heterocycles. The molecule has 0 unspecified atom stereocenters. The Morgan fingerprint density at radius 3 is 2.41 bits per heavy atom. The van der Waals surface area contributed by atoms with Gasteiger partial charge in [0.25, 0.3) is 0 Å². The first-order valence-electron chi connectivity index (χ1n) is 7.87. The number of carbonyl (C=O) groups excluding carboxylic acids is 2. The van der Waals surface area contributed by atoms with Crippen LogP contribution in [-0.4, -0.2) is 20.6 Å². The van der Waals surface area contributed by atoms with Crippen LogP contribution in [-0.2, 0) is 14.8 Å². The number of primary sulfonamides is 1. The van der Waals surface area contributed by atoms with Crippen LogP contribution >= 0.6 is 11.3 Å². The van der Waals surface area contributed by atoms with Crippen LogP contribution < -0.4 is 10.0 Å². The minimum Gasteiger partial charge on any atom is -0.288 e. The molecule has 0 atom stereocenters. The number of aryl methyl sites for hydroxylation is 1. The van der Waals surface area contributed by atoms with Gasteiger partial charge in [-0.15, -0.1) is 11.3 Å². The van der Waals surface area contributed by atoms with E-state index in [1.54, 1.807) is 29.6 Å². The fourth-order valence-corrected chi connectivity index (χ4v) is 3.99. The van der Waals surface area contributed by atoms with Crippen molar-refractivity contribution in [1.82, 2.24) is 0 Å². The minimum absolute atomic E-state index is 0.0570. The van der Waals surface area contributed by atoms with Crippen molar-refractivity contribution < 1.29 is 18.0 Å². The standard InChI is InChI=1S/C19H16N2O4S2/c1-13-3-2-4-14(11-13)18(23)19-17(9-10-26-19)21(12-22)15-5-7-16(8-6-15)27(20,24)25/h2-12H,1H3,(H2,20,24,25). The summed E-state index contributed by atoms with van der Waals surface area (Å²) in [5, 5.41) is 6.83. The highest BCUT2D eigenvalue weighted by molar-refractivity contribution is 7.89. The number of sulfonamides is 1. The molecular formula is C19H16N2O4S2. The summed E-state index contributed by atoms with van der Waals surface area (Å²) >= 11 is 1.24. The van der Waals surface area contributed by atoms with Crippen molar-refractivity contribution in [1.29, 1.82) is 0 Å². The molecule has 0 saturated carbocycles. The average molecular weight is 400 g/mol. The van der Waals surface area contributed by atoms with E-state index in [0.29, 0.717) is 28.2 Å². The van der Waals surface area contributed by atoms with E-state index in [2.05, 4.69) is 0 Å². The number of nitrogens with zero attached hydrogens (tertiary/aromatic N) is 1.